The van der Waals surface area contributed by atoms with Crippen LogP contribution in [0.2, 0.25) is 5.02 Å². The Morgan fingerprint density at radius 3 is 2.50 bits per heavy atom. The highest BCUT2D eigenvalue weighted by molar-refractivity contribution is 6.30. The van der Waals surface area contributed by atoms with Gasteiger partial charge in [0.1, 0.15) is 5.75 Å². The molecule has 32 heavy (non-hydrogen) atoms. The van der Waals surface area contributed by atoms with Crippen LogP contribution in [0.5, 0.6) is 5.75 Å². The number of hydrogen-bond acceptors (Lipinski definition) is 3. The molecule has 1 aromatic carbocycles. The summed E-state index contributed by atoms with van der Waals surface area (Å²) in [4.78, 5) is 28.4. The highest BCUT2D eigenvalue weighted by atomic mass is 35.5. The van der Waals surface area contributed by atoms with E-state index < -0.39 is 5.60 Å². The van der Waals surface area contributed by atoms with Crippen LogP contribution in [0.3, 0.4) is 0 Å². The second-order valence-corrected chi connectivity index (χ2v) is 11.8. The molecule has 0 spiro atoms. The SMILES string of the molecule is Cc1cc(Cl)ccc1OC(C)(C)C(=O)N[C@H]1[C@@H]2CC3C[C@H]1C[C@](N1CCC(C)C1=O)(C3)C2. The van der Waals surface area contributed by atoms with E-state index in [4.69, 9.17) is 16.3 Å². The molecule has 1 N–H and O–H groups in total. The van der Waals surface area contributed by atoms with E-state index in [1.165, 1.54) is 12.8 Å². The second kappa shape index (κ2) is 7.65. The Bertz CT molecular complexity index is 929. The maximum atomic E-state index is 13.3. The van der Waals surface area contributed by atoms with Gasteiger partial charge < -0.3 is 15.0 Å². The molecule has 2 amide bonds. The van der Waals surface area contributed by atoms with Crippen LogP contribution in [0.4, 0.5) is 0 Å². The molecule has 0 aromatic heterocycles. The standard InChI is InChI=1S/C26H35ClN2O3/c1-15-7-8-29(23(15)30)26-12-17-10-18(13-26)22(19(11-17)14-26)28-24(31)25(3,4)32-21-6-5-20(27)9-16(21)2/h5-6,9,15,17-19,22H,7-8,10-14H2,1-4H3,(H,28,31)/t15?,17?,18-,19+,22+,26+. The Morgan fingerprint density at radius 2 is 1.91 bits per heavy atom. The first kappa shape index (κ1) is 22.1. The summed E-state index contributed by atoms with van der Waals surface area (Å²) < 4.78 is 6.15. The molecule has 1 aliphatic heterocycles. The lowest BCUT2D eigenvalue weighted by Crippen LogP contribution is -2.68. The van der Waals surface area contributed by atoms with Gasteiger partial charge in [0.25, 0.3) is 5.91 Å². The molecule has 6 rings (SSSR count). The fourth-order valence-corrected chi connectivity index (χ4v) is 7.44. The molecule has 5 aliphatic rings. The molecule has 174 valence electrons. The lowest BCUT2D eigenvalue weighted by molar-refractivity contribution is -0.154. The summed E-state index contributed by atoms with van der Waals surface area (Å²) in [5.41, 5.74) is -0.0310. The van der Waals surface area contributed by atoms with Crippen molar-refractivity contribution in [3.63, 3.8) is 0 Å². The fourth-order valence-electron chi connectivity index (χ4n) is 7.21. The molecule has 1 aromatic rings. The van der Waals surface area contributed by atoms with Crippen molar-refractivity contribution >= 4 is 23.4 Å². The molecule has 0 radical (unpaired) electrons. The predicted octanol–water partition coefficient (Wildman–Crippen LogP) is 4.74. The molecule has 4 saturated carbocycles. The minimum absolute atomic E-state index is 0.0337. The Balaban J connectivity index is 1.30. The predicted molar refractivity (Wildman–Crippen MR) is 125 cm³/mol. The number of halogens is 1. The van der Waals surface area contributed by atoms with Crippen molar-refractivity contribution in [1.82, 2.24) is 10.2 Å². The first-order valence-corrected chi connectivity index (χ1v) is 12.5. The zero-order chi connectivity index (χ0) is 22.8. The van der Waals surface area contributed by atoms with Gasteiger partial charge in [-0.05, 0) is 101 Å². The zero-order valence-electron chi connectivity index (χ0n) is 19.6. The highest BCUT2D eigenvalue weighted by Crippen LogP contribution is 2.58. The third-order valence-corrected chi connectivity index (χ3v) is 8.87. The van der Waals surface area contributed by atoms with Crippen molar-refractivity contribution in [2.45, 2.75) is 83.4 Å². The van der Waals surface area contributed by atoms with Crippen LogP contribution < -0.4 is 10.1 Å². The van der Waals surface area contributed by atoms with Crippen LogP contribution in [-0.4, -0.2) is 40.4 Å². The number of ether oxygens (including phenoxy) is 1. The van der Waals surface area contributed by atoms with E-state index in [0.717, 1.165) is 37.8 Å². The van der Waals surface area contributed by atoms with Crippen LogP contribution in [0.15, 0.2) is 18.2 Å². The van der Waals surface area contributed by atoms with Gasteiger partial charge >= 0.3 is 0 Å². The molecule has 5 nitrogen and oxygen atoms in total. The van der Waals surface area contributed by atoms with E-state index in [2.05, 4.69) is 17.1 Å². The van der Waals surface area contributed by atoms with Crippen LogP contribution >= 0.6 is 11.6 Å². The first-order valence-electron chi connectivity index (χ1n) is 12.2. The molecule has 1 heterocycles. The minimum Gasteiger partial charge on any atom is -0.478 e. The molecule has 4 bridgehead atoms. The molecule has 6 heteroatoms. The second-order valence-electron chi connectivity index (χ2n) is 11.4. The maximum Gasteiger partial charge on any atom is 0.263 e. The van der Waals surface area contributed by atoms with Crippen LogP contribution in [0, 0.1) is 30.6 Å². The molecular formula is C26H35ClN2O3. The molecule has 1 saturated heterocycles. The average molecular weight is 459 g/mol. The average Bonchev–Trinajstić information content (AvgIpc) is 3.05. The number of benzene rings is 1. The van der Waals surface area contributed by atoms with E-state index in [1.54, 1.807) is 6.07 Å². The summed E-state index contributed by atoms with van der Waals surface area (Å²) in [5.74, 6) is 2.70. The van der Waals surface area contributed by atoms with Gasteiger partial charge in [-0.3, -0.25) is 9.59 Å². The van der Waals surface area contributed by atoms with Gasteiger partial charge in [-0.2, -0.15) is 0 Å². The van der Waals surface area contributed by atoms with Gasteiger partial charge in [0.05, 0.1) is 0 Å². The Morgan fingerprint density at radius 1 is 1.22 bits per heavy atom. The fraction of sp³-hybridized carbons (Fsp3) is 0.692. The van der Waals surface area contributed by atoms with E-state index in [9.17, 15) is 9.59 Å². The summed E-state index contributed by atoms with van der Waals surface area (Å²) in [6.07, 6.45) is 6.53. The summed E-state index contributed by atoms with van der Waals surface area (Å²) in [7, 11) is 0. The molecular weight excluding hydrogens is 424 g/mol. The van der Waals surface area contributed by atoms with E-state index in [-0.39, 0.29) is 23.4 Å². The molecule has 2 unspecified atom stereocenters. The quantitative estimate of drug-likeness (QED) is 0.693. The third-order valence-electron chi connectivity index (χ3n) is 8.63. The number of amides is 2. The van der Waals surface area contributed by atoms with Gasteiger partial charge in [0, 0.05) is 29.1 Å². The first-order chi connectivity index (χ1) is 15.1. The molecule has 5 fully saturated rings. The summed E-state index contributed by atoms with van der Waals surface area (Å²) in [6.45, 7) is 8.57. The van der Waals surface area contributed by atoms with E-state index >= 15 is 0 Å². The van der Waals surface area contributed by atoms with Crippen molar-refractivity contribution in [3.8, 4) is 5.75 Å². The summed E-state index contributed by atoms with van der Waals surface area (Å²) >= 11 is 6.07. The summed E-state index contributed by atoms with van der Waals surface area (Å²) in [5, 5.41) is 4.05. The smallest absolute Gasteiger partial charge is 0.263 e. The highest BCUT2D eigenvalue weighted by Gasteiger charge is 2.59. The topological polar surface area (TPSA) is 58.6 Å². The minimum atomic E-state index is -0.981. The van der Waals surface area contributed by atoms with Crippen molar-refractivity contribution in [3.05, 3.63) is 28.8 Å². The Labute approximate surface area is 196 Å². The molecule has 4 aliphatic carbocycles. The number of aryl methyl sites for hydroxylation is 1. The number of carbonyl (C=O) groups excluding carboxylic acids is 2. The van der Waals surface area contributed by atoms with Crippen molar-refractivity contribution in [1.29, 1.82) is 0 Å². The number of nitrogens with one attached hydrogen (secondary N) is 1. The van der Waals surface area contributed by atoms with Gasteiger partial charge in [0.2, 0.25) is 5.91 Å². The van der Waals surface area contributed by atoms with Gasteiger partial charge in [0.15, 0.2) is 5.60 Å². The summed E-state index contributed by atoms with van der Waals surface area (Å²) in [6, 6.07) is 5.64. The lowest BCUT2D eigenvalue weighted by atomic mass is 9.50. The Kier molecular flexibility index (Phi) is 5.27. The van der Waals surface area contributed by atoms with Gasteiger partial charge in [-0.25, -0.2) is 0 Å². The lowest BCUT2D eigenvalue weighted by Gasteiger charge is -2.62. The number of carbonyl (C=O) groups is 2. The number of rotatable bonds is 5. The normalized spacial score (nSPS) is 36.0. The monoisotopic (exact) mass is 458 g/mol. The number of likely N-dealkylation sites (tertiary alicyclic amines) is 1. The largest absolute Gasteiger partial charge is 0.478 e. The van der Waals surface area contributed by atoms with Gasteiger partial charge in [-0.1, -0.05) is 18.5 Å². The van der Waals surface area contributed by atoms with Crippen molar-refractivity contribution < 1.29 is 14.3 Å². The number of hydrogen-bond donors (Lipinski definition) is 1. The molecule has 6 atom stereocenters. The van der Waals surface area contributed by atoms with E-state index in [1.807, 2.05) is 32.9 Å². The maximum absolute atomic E-state index is 13.3. The Hall–Kier alpha value is -1.75. The van der Waals surface area contributed by atoms with Crippen LogP contribution in [-0.2, 0) is 9.59 Å². The van der Waals surface area contributed by atoms with Gasteiger partial charge in [-0.15, -0.1) is 0 Å². The van der Waals surface area contributed by atoms with E-state index in [0.29, 0.717) is 34.4 Å². The van der Waals surface area contributed by atoms with Crippen molar-refractivity contribution in [2.24, 2.45) is 23.7 Å². The van der Waals surface area contributed by atoms with Crippen molar-refractivity contribution in [2.75, 3.05) is 6.54 Å². The zero-order valence-corrected chi connectivity index (χ0v) is 20.4. The van der Waals surface area contributed by atoms with Crippen LogP contribution in [0.1, 0.15) is 64.9 Å². The van der Waals surface area contributed by atoms with Crippen LogP contribution in [0.25, 0.3) is 0 Å². The number of nitrogens with zero attached hydrogens (tertiary/aromatic N) is 1. The third kappa shape index (κ3) is 3.61.